The van der Waals surface area contributed by atoms with Crippen LogP contribution in [0.3, 0.4) is 0 Å². The molecule has 1 atom stereocenters. The van der Waals surface area contributed by atoms with Gasteiger partial charge in [0.15, 0.2) is 11.5 Å². The van der Waals surface area contributed by atoms with E-state index in [1.54, 1.807) is 6.33 Å². The molecule has 0 saturated carbocycles. The normalized spacial score (nSPS) is 14.2. The predicted octanol–water partition coefficient (Wildman–Crippen LogP) is 4.25. The van der Waals surface area contributed by atoms with Gasteiger partial charge in [-0.1, -0.05) is 19.9 Å². The molecular formula is C23H26N6O2. The van der Waals surface area contributed by atoms with Gasteiger partial charge in [0.2, 0.25) is 0 Å². The summed E-state index contributed by atoms with van der Waals surface area (Å²) in [6.45, 7) is 7.52. The van der Waals surface area contributed by atoms with Crippen molar-refractivity contribution in [2.45, 2.75) is 26.8 Å². The Labute approximate surface area is 180 Å². The summed E-state index contributed by atoms with van der Waals surface area (Å²) in [4.78, 5) is 12.4. The van der Waals surface area contributed by atoms with Crippen molar-refractivity contribution in [3.63, 3.8) is 0 Å². The average molecular weight is 419 g/mol. The third-order valence-electron chi connectivity index (χ3n) is 5.59. The second kappa shape index (κ2) is 7.61. The molecule has 0 radical (unpaired) electrons. The minimum atomic E-state index is 0.0474. The second-order valence-electron chi connectivity index (χ2n) is 8.23. The zero-order valence-corrected chi connectivity index (χ0v) is 18.1. The smallest absolute Gasteiger partial charge is 0.161 e. The zero-order valence-electron chi connectivity index (χ0n) is 18.1. The Bertz CT molecular complexity index is 1240. The van der Waals surface area contributed by atoms with E-state index >= 15 is 0 Å². The minimum absolute atomic E-state index is 0.0474. The van der Waals surface area contributed by atoms with Crippen LogP contribution in [-0.4, -0.2) is 37.9 Å². The molecule has 0 spiro atoms. The van der Waals surface area contributed by atoms with E-state index in [1.165, 1.54) is 0 Å². The van der Waals surface area contributed by atoms with Crippen molar-refractivity contribution in [2.75, 3.05) is 18.5 Å². The van der Waals surface area contributed by atoms with E-state index in [4.69, 9.17) is 9.47 Å². The Balaban J connectivity index is 1.51. The number of H-pyrrole nitrogens is 1. The lowest BCUT2D eigenvalue weighted by atomic mass is 9.95. The average Bonchev–Trinajstić information content (AvgIpc) is 3.34. The molecule has 1 aromatic carbocycles. The Morgan fingerprint density at radius 3 is 2.61 bits per heavy atom. The van der Waals surface area contributed by atoms with Crippen LogP contribution >= 0.6 is 0 Å². The molecule has 8 nitrogen and oxygen atoms in total. The highest BCUT2D eigenvalue weighted by atomic mass is 16.6. The van der Waals surface area contributed by atoms with Crippen LogP contribution in [-0.2, 0) is 7.05 Å². The van der Waals surface area contributed by atoms with Crippen molar-refractivity contribution in [3.05, 3.63) is 47.9 Å². The van der Waals surface area contributed by atoms with E-state index in [0.717, 1.165) is 51.0 Å². The van der Waals surface area contributed by atoms with Crippen molar-refractivity contribution in [1.82, 2.24) is 24.7 Å². The van der Waals surface area contributed by atoms with Gasteiger partial charge in [-0.3, -0.25) is 4.68 Å². The van der Waals surface area contributed by atoms with Gasteiger partial charge in [0, 0.05) is 7.05 Å². The summed E-state index contributed by atoms with van der Waals surface area (Å²) in [5.41, 5.74) is 4.86. The standard InChI is InChI=1S/C23H26N6O2/c1-13(2)21(15-5-6-19-20(10-15)31-8-7-30-19)27-23-16-11-17(26-22(16)24-12-25-23)18-9-14(3)28-29(18)4/h5-6,9-13,21H,7-8H2,1-4H3,(H2,24,25,26,27)/t21-/m1/s1. The highest BCUT2D eigenvalue weighted by Crippen LogP contribution is 2.36. The molecule has 0 aliphatic carbocycles. The molecule has 0 fully saturated rings. The van der Waals surface area contributed by atoms with Crippen molar-refractivity contribution < 1.29 is 9.47 Å². The number of aromatic nitrogens is 5. The monoisotopic (exact) mass is 418 g/mol. The van der Waals surface area contributed by atoms with Crippen LogP contribution in [0.2, 0.25) is 0 Å². The van der Waals surface area contributed by atoms with E-state index in [0.29, 0.717) is 19.1 Å². The number of aryl methyl sites for hydroxylation is 2. The molecule has 8 heteroatoms. The van der Waals surface area contributed by atoms with Crippen LogP contribution in [0, 0.1) is 12.8 Å². The summed E-state index contributed by atoms with van der Waals surface area (Å²) in [5, 5.41) is 9.03. The fourth-order valence-corrected chi connectivity index (χ4v) is 4.09. The Morgan fingerprint density at radius 1 is 1.06 bits per heavy atom. The molecule has 1 aliphatic heterocycles. The fraction of sp³-hybridized carbons (Fsp3) is 0.348. The third kappa shape index (κ3) is 3.58. The first kappa shape index (κ1) is 19.4. The van der Waals surface area contributed by atoms with Gasteiger partial charge in [0.05, 0.1) is 28.5 Å². The molecule has 0 amide bonds. The van der Waals surface area contributed by atoms with E-state index in [2.05, 4.69) is 63.5 Å². The number of nitrogens with one attached hydrogen (secondary N) is 2. The number of anilines is 1. The topological polar surface area (TPSA) is 89.9 Å². The Kier molecular flexibility index (Phi) is 4.77. The van der Waals surface area contributed by atoms with Crippen molar-refractivity contribution >= 4 is 16.9 Å². The lowest BCUT2D eigenvalue weighted by Gasteiger charge is -2.26. The van der Waals surface area contributed by atoms with Gasteiger partial charge in [0.1, 0.15) is 31.0 Å². The van der Waals surface area contributed by atoms with Gasteiger partial charge < -0.3 is 19.8 Å². The summed E-state index contributed by atoms with van der Waals surface area (Å²) in [5.74, 6) is 2.70. The summed E-state index contributed by atoms with van der Waals surface area (Å²) < 4.78 is 13.3. The molecule has 0 unspecified atom stereocenters. The second-order valence-corrected chi connectivity index (χ2v) is 8.23. The van der Waals surface area contributed by atoms with Crippen molar-refractivity contribution in [1.29, 1.82) is 0 Å². The SMILES string of the molecule is Cc1cc(-c2cc3c(N[C@@H](c4ccc5c(c4)OCCO5)C(C)C)ncnc3[nH]2)n(C)n1. The van der Waals surface area contributed by atoms with E-state index < -0.39 is 0 Å². The highest BCUT2D eigenvalue weighted by molar-refractivity contribution is 5.91. The molecule has 0 saturated heterocycles. The summed E-state index contributed by atoms with van der Waals surface area (Å²) in [7, 11) is 1.94. The van der Waals surface area contributed by atoms with E-state index in [-0.39, 0.29) is 6.04 Å². The van der Waals surface area contributed by atoms with Crippen LogP contribution in [0.25, 0.3) is 22.4 Å². The lowest BCUT2D eigenvalue weighted by Crippen LogP contribution is -2.19. The van der Waals surface area contributed by atoms with E-state index in [9.17, 15) is 0 Å². The predicted molar refractivity (Wildman–Crippen MR) is 119 cm³/mol. The number of ether oxygens (including phenoxy) is 2. The fourth-order valence-electron chi connectivity index (χ4n) is 4.09. The molecule has 2 N–H and O–H groups in total. The third-order valence-corrected chi connectivity index (χ3v) is 5.59. The molecule has 160 valence electrons. The van der Waals surface area contributed by atoms with Crippen LogP contribution in [0.5, 0.6) is 11.5 Å². The number of hydrogen-bond acceptors (Lipinski definition) is 6. The number of rotatable bonds is 5. The largest absolute Gasteiger partial charge is 0.486 e. The molecule has 1 aliphatic rings. The van der Waals surface area contributed by atoms with Gasteiger partial charge >= 0.3 is 0 Å². The molecule has 4 heterocycles. The number of fused-ring (bicyclic) bond motifs is 2. The first-order valence-corrected chi connectivity index (χ1v) is 10.5. The van der Waals surface area contributed by atoms with Crippen molar-refractivity contribution in [3.8, 4) is 22.9 Å². The Hall–Kier alpha value is -3.55. The van der Waals surface area contributed by atoms with E-state index in [1.807, 2.05) is 24.7 Å². The summed E-state index contributed by atoms with van der Waals surface area (Å²) >= 11 is 0. The summed E-state index contributed by atoms with van der Waals surface area (Å²) in [6, 6.07) is 10.3. The zero-order chi connectivity index (χ0) is 21.5. The van der Waals surface area contributed by atoms with Crippen LogP contribution < -0.4 is 14.8 Å². The minimum Gasteiger partial charge on any atom is -0.486 e. The van der Waals surface area contributed by atoms with Gasteiger partial charge in [-0.25, -0.2) is 9.97 Å². The molecule has 31 heavy (non-hydrogen) atoms. The first-order chi connectivity index (χ1) is 15.0. The van der Waals surface area contributed by atoms with Gasteiger partial charge in [-0.2, -0.15) is 5.10 Å². The molecular weight excluding hydrogens is 392 g/mol. The highest BCUT2D eigenvalue weighted by Gasteiger charge is 2.22. The quantitative estimate of drug-likeness (QED) is 0.504. The number of hydrogen-bond donors (Lipinski definition) is 2. The van der Waals surface area contributed by atoms with Gasteiger partial charge in [-0.15, -0.1) is 0 Å². The number of aromatic amines is 1. The van der Waals surface area contributed by atoms with Crippen LogP contribution in [0.4, 0.5) is 5.82 Å². The summed E-state index contributed by atoms with van der Waals surface area (Å²) in [6.07, 6.45) is 1.58. The first-order valence-electron chi connectivity index (χ1n) is 10.5. The molecule has 4 aromatic rings. The van der Waals surface area contributed by atoms with Gasteiger partial charge in [-0.05, 0) is 42.7 Å². The van der Waals surface area contributed by atoms with Crippen LogP contribution in [0.15, 0.2) is 36.7 Å². The molecule has 0 bridgehead atoms. The van der Waals surface area contributed by atoms with Crippen molar-refractivity contribution in [2.24, 2.45) is 13.0 Å². The number of nitrogens with zero attached hydrogens (tertiary/aromatic N) is 4. The lowest BCUT2D eigenvalue weighted by molar-refractivity contribution is 0.171. The van der Waals surface area contributed by atoms with Gasteiger partial charge in [0.25, 0.3) is 0 Å². The number of benzene rings is 1. The molecule has 5 rings (SSSR count). The molecule has 3 aromatic heterocycles. The maximum atomic E-state index is 5.79. The maximum absolute atomic E-state index is 5.79. The maximum Gasteiger partial charge on any atom is 0.161 e. The van der Waals surface area contributed by atoms with Crippen LogP contribution in [0.1, 0.15) is 31.1 Å². The Morgan fingerprint density at radius 2 is 1.87 bits per heavy atom.